The molecule has 0 unspecified atom stereocenters. The minimum Gasteiger partial charge on any atom is -0.435 e. The van der Waals surface area contributed by atoms with Gasteiger partial charge in [0.2, 0.25) is 0 Å². The van der Waals surface area contributed by atoms with Crippen LogP contribution in [0.15, 0.2) is 12.8 Å². The number of hydrogen-bond donors (Lipinski definition) is 0. The third kappa shape index (κ3) is 3.62. The maximum absolute atomic E-state index is 9.75. The molecule has 0 spiro atoms. The molecule has 0 saturated heterocycles. The zero-order chi connectivity index (χ0) is 9.68. The Morgan fingerprint density at radius 2 is 1.77 bits per heavy atom. The van der Waals surface area contributed by atoms with Crippen LogP contribution in [0.25, 0.3) is 0 Å². The van der Waals surface area contributed by atoms with E-state index in [1.54, 1.807) is 32.1 Å². The molecule has 0 heterocycles. The minimum absolute atomic E-state index is 0.329. The van der Waals surface area contributed by atoms with Crippen LogP contribution in [0.2, 0.25) is 0 Å². The molecule has 13 heavy (non-hydrogen) atoms. The molecule has 2 nitrogen and oxygen atoms in total. The van der Waals surface area contributed by atoms with Crippen LogP contribution in [0.1, 0.15) is 39.0 Å². The summed E-state index contributed by atoms with van der Waals surface area (Å²) in [5.41, 5.74) is 0. The highest BCUT2D eigenvalue weighted by atomic mass is 16.5. The maximum atomic E-state index is 9.75. The Hall–Kier alpha value is -0.790. The smallest absolute Gasteiger partial charge is 0.307 e. The highest BCUT2D eigenvalue weighted by molar-refractivity contribution is 5.66. The number of carbonyl (C=O) groups is 1. The summed E-state index contributed by atoms with van der Waals surface area (Å²) in [7, 11) is 0. The normalized spacial score (nSPS) is 29.0. The van der Waals surface area contributed by atoms with Crippen LogP contribution in [0.4, 0.5) is 0 Å². The SMILES string of the molecule is C1CC2CCC1C2.C=COC(C)=O. The summed E-state index contributed by atoms with van der Waals surface area (Å²) in [6.07, 6.45) is 8.92. The van der Waals surface area contributed by atoms with Gasteiger partial charge in [-0.05, 0) is 18.3 Å². The van der Waals surface area contributed by atoms with Crippen molar-refractivity contribution in [2.75, 3.05) is 0 Å². The first-order chi connectivity index (χ1) is 6.22. The van der Waals surface area contributed by atoms with Crippen LogP contribution in [0.5, 0.6) is 0 Å². The van der Waals surface area contributed by atoms with Gasteiger partial charge in [0, 0.05) is 6.92 Å². The molecule has 0 N–H and O–H groups in total. The van der Waals surface area contributed by atoms with Crippen LogP contribution in [0, 0.1) is 11.8 Å². The largest absolute Gasteiger partial charge is 0.435 e. The Labute approximate surface area is 80.0 Å². The summed E-state index contributed by atoms with van der Waals surface area (Å²) in [4.78, 5) is 9.75. The van der Waals surface area contributed by atoms with Gasteiger partial charge in [0.15, 0.2) is 0 Å². The van der Waals surface area contributed by atoms with Crippen molar-refractivity contribution >= 4 is 5.97 Å². The topological polar surface area (TPSA) is 26.3 Å². The first-order valence-electron chi connectivity index (χ1n) is 5.00. The molecule has 2 aliphatic rings. The van der Waals surface area contributed by atoms with Gasteiger partial charge in [0.1, 0.15) is 0 Å². The van der Waals surface area contributed by atoms with Crippen molar-refractivity contribution in [2.24, 2.45) is 11.8 Å². The average molecular weight is 182 g/mol. The van der Waals surface area contributed by atoms with E-state index in [1.807, 2.05) is 0 Å². The van der Waals surface area contributed by atoms with Gasteiger partial charge in [-0.15, -0.1) is 0 Å². The van der Waals surface area contributed by atoms with Crippen LogP contribution in [-0.2, 0) is 9.53 Å². The lowest BCUT2D eigenvalue weighted by molar-refractivity contribution is -0.135. The molecule has 0 aromatic rings. The molecule has 2 rings (SSSR count). The van der Waals surface area contributed by atoms with Crippen molar-refractivity contribution < 1.29 is 9.53 Å². The molecular weight excluding hydrogens is 164 g/mol. The number of fused-ring (bicyclic) bond motifs is 2. The van der Waals surface area contributed by atoms with Gasteiger partial charge in [-0.3, -0.25) is 4.79 Å². The predicted octanol–water partition coefficient (Wildman–Crippen LogP) is 2.89. The molecule has 0 amide bonds. The molecule has 0 radical (unpaired) electrons. The molecule has 2 saturated carbocycles. The standard InChI is InChI=1S/C7H12.C4H6O2/c1-2-7-4-3-6(1)5-7;1-3-6-4(2)5/h6-7H,1-5H2;3H,1H2,2H3. The van der Waals surface area contributed by atoms with Crippen molar-refractivity contribution in [1.29, 1.82) is 0 Å². The van der Waals surface area contributed by atoms with E-state index in [9.17, 15) is 4.79 Å². The molecule has 74 valence electrons. The fraction of sp³-hybridized carbons (Fsp3) is 0.727. The summed E-state index contributed by atoms with van der Waals surface area (Å²) < 4.78 is 4.17. The van der Waals surface area contributed by atoms with Crippen LogP contribution >= 0.6 is 0 Å². The summed E-state index contributed by atoms with van der Waals surface area (Å²) >= 11 is 0. The van der Waals surface area contributed by atoms with Gasteiger partial charge in [0.25, 0.3) is 0 Å². The molecule has 2 fully saturated rings. The Bertz CT molecular complexity index is 169. The Kier molecular flexibility index (Phi) is 4.00. The molecule has 2 bridgehead atoms. The van der Waals surface area contributed by atoms with Crippen molar-refractivity contribution in [3.05, 3.63) is 12.8 Å². The van der Waals surface area contributed by atoms with E-state index in [2.05, 4.69) is 11.3 Å². The van der Waals surface area contributed by atoms with Gasteiger partial charge in [-0.2, -0.15) is 0 Å². The predicted molar refractivity (Wildman–Crippen MR) is 52.0 cm³/mol. The van der Waals surface area contributed by atoms with Crippen LogP contribution in [0.3, 0.4) is 0 Å². The molecule has 0 aromatic heterocycles. The summed E-state index contributed by atoms with van der Waals surface area (Å²) in [6, 6.07) is 0. The van der Waals surface area contributed by atoms with Gasteiger partial charge < -0.3 is 4.74 Å². The van der Waals surface area contributed by atoms with Crippen molar-refractivity contribution in [1.82, 2.24) is 0 Å². The van der Waals surface area contributed by atoms with Crippen molar-refractivity contribution in [3.63, 3.8) is 0 Å². The number of carbonyl (C=O) groups excluding carboxylic acids is 1. The first-order valence-corrected chi connectivity index (χ1v) is 5.00. The second-order valence-corrected chi connectivity index (χ2v) is 3.90. The van der Waals surface area contributed by atoms with E-state index in [-0.39, 0.29) is 5.97 Å². The quantitative estimate of drug-likeness (QED) is 0.460. The lowest BCUT2D eigenvalue weighted by atomic mass is 10.0. The lowest BCUT2D eigenvalue weighted by Gasteiger charge is -2.05. The van der Waals surface area contributed by atoms with E-state index in [1.165, 1.54) is 18.8 Å². The number of hydrogen-bond acceptors (Lipinski definition) is 2. The highest BCUT2D eigenvalue weighted by Crippen LogP contribution is 2.43. The molecule has 2 heteroatoms. The van der Waals surface area contributed by atoms with Gasteiger partial charge in [-0.25, -0.2) is 0 Å². The zero-order valence-electron chi connectivity index (χ0n) is 8.29. The first kappa shape index (κ1) is 10.3. The van der Waals surface area contributed by atoms with E-state index in [0.717, 1.165) is 6.26 Å². The lowest BCUT2D eigenvalue weighted by Crippen LogP contribution is -1.90. The Morgan fingerprint density at radius 1 is 1.31 bits per heavy atom. The zero-order valence-corrected chi connectivity index (χ0v) is 8.29. The molecule has 0 atom stereocenters. The fourth-order valence-electron chi connectivity index (χ4n) is 2.29. The summed E-state index contributed by atoms with van der Waals surface area (Å²) in [5, 5.41) is 0. The second kappa shape index (κ2) is 5.05. The van der Waals surface area contributed by atoms with Crippen LogP contribution in [-0.4, -0.2) is 5.97 Å². The Morgan fingerprint density at radius 3 is 1.85 bits per heavy atom. The number of ether oxygens (including phenoxy) is 1. The maximum Gasteiger partial charge on any atom is 0.307 e. The van der Waals surface area contributed by atoms with Crippen molar-refractivity contribution in [2.45, 2.75) is 39.0 Å². The van der Waals surface area contributed by atoms with E-state index in [4.69, 9.17) is 0 Å². The number of esters is 1. The van der Waals surface area contributed by atoms with E-state index < -0.39 is 0 Å². The van der Waals surface area contributed by atoms with Crippen molar-refractivity contribution in [3.8, 4) is 0 Å². The van der Waals surface area contributed by atoms with Gasteiger partial charge in [-0.1, -0.05) is 32.3 Å². The van der Waals surface area contributed by atoms with E-state index >= 15 is 0 Å². The van der Waals surface area contributed by atoms with E-state index in [0.29, 0.717) is 0 Å². The second-order valence-electron chi connectivity index (χ2n) is 3.90. The molecular formula is C11H18O2. The fourth-order valence-corrected chi connectivity index (χ4v) is 2.29. The third-order valence-electron chi connectivity index (χ3n) is 2.88. The molecule has 0 aliphatic heterocycles. The monoisotopic (exact) mass is 182 g/mol. The Balaban J connectivity index is 0.000000133. The summed E-state index contributed by atoms with van der Waals surface area (Å²) in [6.45, 7) is 4.48. The van der Waals surface area contributed by atoms with Gasteiger partial charge in [0.05, 0.1) is 6.26 Å². The molecule has 0 aromatic carbocycles. The van der Waals surface area contributed by atoms with Gasteiger partial charge >= 0.3 is 5.97 Å². The minimum atomic E-state index is -0.329. The highest BCUT2D eigenvalue weighted by Gasteiger charge is 2.30. The number of rotatable bonds is 1. The molecule has 2 aliphatic carbocycles. The summed E-state index contributed by atoms with van der Waals surface area (Å²) in [5.74, 6) is 2.01. The van der Waals surface area contributed by atoms with Crippen LogP contribution < -0.4 is 0 Å². The average Bonchev–Trinajstić information content (AvgIpc) is 2.66. The third-order valence-corrected chi connectivity index (χ3v) is 2.88.